The van der Waals surface area contributed by atoms with Crippen molar-refractivity contribution in [3.63, 3.8) is 0 Å². The lowest BCUT2D eigenvalue weighted by Gasteiger charge is -2.11. The highest BCUT2D eigenvalue weighted by molar-refractivity contribution is 8.00. The molecule has 1 N–H and O–H groups in total. The molecule has 0 aliphatic rings. The first-order chi connectivity index (χ1) is 12.9. The minimum Gasteiger partial charge on any atom is -0.480 e. The molecular formula is C18H15NO7S. The second-order valence-corrected chi connectivity index (χ2v) is 6.66. The number of nitrogens with zero attached hydrogens (tertiary/aromatic N) is 1. The summed E-state index contributed by atoms with van der Waals surface area (Å²) in [6.45, 7) is -0.244. The van der Waals surface area contributed by atoms with E-state index < -0.39 is 34.3 Å². The molecular weight excluding hydrogens is 374 g/mol. The molecule has 2 rings (SSSR count). The summed E-state index contributed by atoms with van der Waals surface area (Å²) in [4.78, 5) is 45.8. The average molecular weight is 389 g/mol. The van der Waals surface area contributed by atoms with Gasteiger partial charge in [0.15, 0.2) is 0 Å². The third kappa shape index (κ3) is 6.23. The SMILES string of the molecule is O=C(CC(Sc1ccccc1)C(=O)O)C(=O)OCc1ccc([N+](=O)[O-])cc1. The van der Waals surface area contributed by atoms with E-state index in [1.165, 1.54) is 24.3 Å². The van der Waals surface area contributed by atoms with Crippen LogP contribution in [0.15, 0.2) is 59.5 Å². The van der Waals surface area contributed by atoms with Crippen molar-refractivity contribution >= 4 is 35.2 Å². The number of benzene rings is 2. The Morgan fingerprint density at radius 3 is 2.26 bits per heavy atom. The molecule has 9 heteroatoms. The Bertz CT molecular complexity index is 837. The molecule has 0 aromatic heterocycles. The fraction of sp³-hybridized carbons (Fsp3) is 0.167. The number of aliphatic carboxylic acids is 1. The zero-order valence-corrected chi connectivity index (χ0v) is 14.8. The van der Waals surface area contributed by atoms with Gasteiger partial charge in [-0.15, -0.1) is 11.8 Å². The number of rotatable bonds is 9. The summed E-state index contributed by atoms with van der Waals surface area (Å²) in [7, 11) is 0. The molecule has 2 aromatic carbocycles. The van der Waals surface area contributed by atoms with Gasteiger partial charge in [-0.25, -0.2) is 4.79 Å². The summed E-state index contributed by atoms with van der Waals surface area (Å²) in [6.07, 6.45) is -0.506. The van der Waals surface area contributed by atoms with Crippen molar-refractivity contribution in [1.29, 1.82) is 0 Å². The standard InChI is InChI=1S/C18H15NO7S/c20-15(10-16(17(21)22)27-14-4-2-1-3-5-14)18(23)26-11-12-6-8-13(9-7-12)19(24)25/h1-9,16H,10-11H2,(H,21,22). The maximum atomic E-state index is 12.0. The van der Waals surface area contributed by atoms with E-state index >= 15 is 0 Å². The predicted octanol–water partition coefficient (Wildman–Crippen LogP) is 2.84. The van der Waals surface area contributed by atoms with Gasteiger partial charge in [0.25, 0.3) is 5.69 Å². The number of nitro benzene ring substituents is 1. The summed E-state index contributed by atoms with van der Waals surface area (Å²) < 4.78 is 4.86. The van der Waals surface area contributed by atoms with Crippen LogP contribution < -0.4 is 0 Å². The van der Waals surface area contributed by atoms with Gasteiger partial charge < -0.3 is 9.84 Å². The number of carbonyl (C=O) groups excluding carboxylic acids is 2. The molecule has 1 atom stereocenters. The third-order valence-electron chi connectivity index (χ3n) is 3.41. The van der Waals surface area contributed by atoms with Gasteiger partial charge in [0.1, 0.15) is 11.9 Å². The number of carboxylic acids is 1. The van der Waals surface area contributed by atoms with Gasteiger partial charge in [-0.2, -0.15) is 0 Å². The first kappa shape index (κ1) is 20.1. The van der Waals surface area contributed by atoms with Crippen LogP contribution in [0.25, 0.3) is 0 Å². The van der Waals surface area contributed by atoms with Gasteiger partial charge in [-0.3, -0.25) is 19.7 Å². The van der Waals surface area contributed by atoms with Gasteiger partial charge >= 0.3 is 11.9 Å². The van der Waals surface area contributed by atoms with Crippen molar-refractivity contribution < 1.29 is 29.2 Å². The number of carboxylic acid groups (broad SMARTS) is 1. The number of carbonyl (C=O) groups is 3. The smallest absolute Gasteiger partial charge is 0.374 e. The van der Waals surface area contributed by atoms with E-state index in [0.29, 0.717) is 10.5 Å². The number of hydrogen-bond donors (Lipinski definition) is 1. The van der Waals surface area contributed by atoms with E-state index in [0.717, 1.165) is 11.8 Å². The molecule has 1 unspecified atom stereocenters. The van der Waals surface area contributed by atoms with Crippen LogP contribution in [0.2, 0.25) is 0 Å². The molecule has 0 bridgehead atoms. The fourth-order valence-electron chi connectivity index (χ4n) is 2.04. The Morgan fingerprint density at radius 2 is 1.70 bits per heavy atom. The van der Waals surface area contributed by atoms with E-state index in [9.17, 15) is 29.6 Å². The average Bonchev–Trinajstić information content (AvgIpc) is 2.66. The van der Waals surface area contributed by atoms with Crippen LogP contribution >= 0.6 is 11.8 Å². The second kappa shape index (κ2) is 9.48. The minimum absolute atomic E-state index is 0.108. The molecule has 0 aliphatic heterocycles. The topological polar surface area (TPSA) is 124 Å². The third-order valence-corrected chi connectivity index (χ3v) is 4.61. The highest BCUT2D eigenvalue weighted by Gasteiger charge is 2.27. The maximum Gasteiger partial charge on any atom is 0.374 e. The van der Waals surface area contributed by atoms with Gasteiger partial charge in [-0.05, 0) is 29.8 Å². The van der Waals surface area contributed by atoms with Gasteiger partial charge in [0.2, 0.25) is 5.78 Å². The van der Waals surface area contributed by atoms with Crippen LogP contribution in [0.5, 0.6) is 0 Å². The Morgan fingerprint density at radius 1 is 1.07 bits per heavy atom. The lowest BCUT2D eigenvalue weighted by Crippen LogP contribution is -2.26. The molecule has 8 nitrogen and oxygen atoms in total. The lowest BCUT2D eigenvalue weighted by molar-refractivity contribution is -0.384. The number of thioether (sulfide) groups is 1. The van der Waals surface area contributed by atoms with Gasteiger partial charge in [-0.1, -0.05) is 18.2 Å². The van der Waals surface area contributed by atoms with Crippen LogP contribution in [0.1, 0.15) is 12.0 Å². The molecule has 140 valence electrons. The quantitative estimate of drug-likeness (QED) is 0.228. The molecule has 0 saturated heterocycles. The molecule has 0 fully saturated rings. The van der Waals surface area contributed by atoms with Crippen LogP contribution in [0, 0.1) is 10.1 Å². The summed E-state index contributed by atoms with van der Waals surface area (Å²) in [6, 6.07) is 14.0. The minimum atomic E-state index is -1.21. The van der Waals surface area contributed by atoms with Crippen LogP contribution in [-0.2, 0) is 25.7 Å². The monoisotopic (exact) mass is 389 g/mol. The summed E-state index contributed by atoms with van der Waals surface area (Å²) in [5, 5.41) is 18.7. The van der Waals surface area contributed by atoms with Crippen LogP contribution in [0.4, 0.5) is 5.69 Å². The number of ketones is 1. The van der Waals surface area contributed by atoms with Gasteiger partial charge in [0, 0.05) is 23.4 Å². The first-order valence-electron chi connectivity index (χ1n) is 7.74. The zero-order valence-electron chi connectivity index (χ0n) is 13.9. The number of esters is 1. The fourth-order valence-corrected chi connectivity index (χ4v) is 3.02. The Labute approximate surface area is 158 Å². The molecule has 0 heterocycles. The predicted molar refractivity (Wildman–Crippen MR) is 96.2 cm³/mol. The van der Waals surface area contributed by atoms with Crippen molar-refractivity contribution in [2.45, 2.75) is 23.2 Å². The summed E-state index contributed by atoms with van der Waals surface area (Å²) in [5.41, 5.74) is 0.360. The number of ether oxygens (including phenoxy) is 1. The molecule has 0 spiro atoms. The van der Waals surface area contributed by atoms with Gasteiger partial charge in [0.05, 0.1) is 4.92 Å². The summed E-state index contributed by atoms with van der Waals surface area (Å²) >= 11 is 0.969. The molecule has 0 aliphatic carbocycles. The Kier molecular flexibility index (Phi) is 7.07. The van der Waals surface area contributed by atoms with Crippen molar-refractivity contribution in [3.8, 4) is 0 Å². The highest BCUT2D eigenvalue weighted by atomic mass is 32.2. The van der Waals surface area contributed by atoms with Crippen molar-refractivity contribution in [3.05, 3.63) is 70.3 Å². The van der Waals surface area contributed by atoms with Crippen LogP contribution in [-0.4, -0.2) is 33.0 Å². The van der Waals surface area contributed by atoms with E-state index in [2.05, 4.69) is 0 Å². The number of Topliss-reactive ketones (excluding diaryl/α,β-unsaturated/α-hetero) is 1. The zero-order chi connectivity index (χ0) is 19.8. The van der Waals surface area contributed by atoms with Crippen molar-refractivity contribution in [2.24, 2.45) is 0 Å². The molecule has 0 amide bonds. The van der Waals surface area contributed by atoms with E-state index in [1.807, 2.05) is 0 Å². The van der Waals surface area contributed by atoms with E-state index in [1.54, 1.807) is 30.3 Å². The van der Waals surface area contributed by atoms with E-state index in [-0.39, 0.29) is 12.3 Å². The highest BCUT2D eigenvalue weighted by Crippen LogP contribution is 2.25. The first-order valence-corrected chi connectivity index (χ1v) is 8.62. The number of hydrogen-bond acceptors (Lipinski definition) is 7. The second-order valence-electron chi connectivity index (χ2n) is 5.38. The summed E-state index contributed by atoms with van der Waals surface area (Å²) in [5.74, 6) is -3.30. The molecule has 2 aromatic rings. The normalized spacial score (nSPS) is 11.4. The molecule has 0 radical (unpaired) electrons. The van der Waals surface area contributed by atoms with Crippen molar-refractivity contribution in [2.75, 3.05) is 0 Å². The maximum absolute atomic E-state index is 12.0. The molecule has 27 heavy (non-hydrogen) atoms. The largest absolute Gasteiger partial charge is 0.480 e. The lowest BCUT2D eigenvalue weighted by atomic mass is 10.2. The van der Waals surface area contributed by atoms with E-state index in [4.69, 9.17) is 4.74 Å². The number of nitro groups is 1. The Balaban J connectivity index is 1.90. The number of non-ortho nitro benzene ring substituents is 1. The van der Waals surface area contributed by atoms with Crippen molar-refractivity contribution in [1.82, 2.24) is 0 Å². The molecule has 0 saturated carbocycles. The Hall–Kier alpha value is -3.20. The van der Waals surface area contributed by atoms with Crippen LogP contribution in [0.3, 0.4) is 0 Å².